The number of hydrogen-bond donors (Lipinski definition) is 3. The van der Waals surface area contributed by atoms with Gasteiger partial charge in [-0.2, -0.15) is 0 Å². The molecule has 0 spiro atoms. The van der Waals surface area contributed by atoms with Gasteiger partial charge in [-0.3, -0.25) is 4.79 Å². The van der Waals surface area contributed by atoms with E-state index < -0.39 is 10.7 Å². The number of carbonyl (C=O) groups is 1. The van der Waals surface area contributed by atoms with Gasteiger partial charge in [-0.1, -0.05) is 0 Å². The van der Waals surface area contributed by atoms with E-state index in [1.165, 1.54) is 11.8 Å². The van der Waals surface area contributed by atoms with Gasteiger partial charge in [0.05, 0.1) is 11.0 Å². The lowest BCUT2D eigenvalue weighted by molar-refractivity contribution is -0.138. The molecule has 3 N–H and O–H groups in total. The van der Waals surface area contributed by atoms with Crippen molar-refractivity contribution >= 4 is 28.8 Å². The minimum atomic E-state index is -0.899. The fraction of sp³-hybridized carbons (Fsp3) is 0.273. The van der Waals surface area contributed by atoms with E-state index in [9.17, 15) is 9.59 Å². The molecule has 0 amide bonds. The van der Waals surface area contributed by atoms with Crippen molar-refractivity contribution in [3.8, 4) is 0 Å². The summed E-state index contributed by atoms with van der Waals surface area (Å²) in [5, 5.41) is 9.04. The molecule has 0 atom stereocenters. The summed E-state index contributed by atoms with van der Waals surface area (Å²) >= 11 is 1.24. The molecular formula is C11H12N2O3S. The molecule has 0 aliphatic heterocycles. The largest absolute Gasteiger partial charge is 0.480 e. The third-order valence-electron chi connectivity index (χ3n) is 2.38. The first-order chi connectivity index (χ1) is 7.88. The summed E-state index contributed by atoms with van der Waals surface area (Å²) in [6.45, 7) is 3.29. The Morgan fingerprint density at radius 1 is 1.29 bits per heavy atom. The highest BCUT2D eigenvalue weighted by Crippen LogP contribution is 2.33. The number of nitrogens with one attached hydrogen (secondary N) is 2. The lowest BCUT2D eigenvalue weighted by atomic mass is 10.2. The van der Waals surface area contributed by atoms with Crippen LogP contribution in [-0.4, -0.2) is 25.8 Å². The standard InChI is InChI=1S/C11H12N2O3S/c1-11(2,9(14)15)17-6-3-4-7-8(5-6)13-10(16)12-7/h3-5H,1-2H3,(H,14,15)(H2,12,13,16). The molecule has 0 radical (unpaired) electrons. The van der Waals surface area contributed by atoms with Crippen molar-refractivity contribution in [3.63, 3.8) is 0 Å². The molecule has 1 aromatic carbocycles. The van der Waals surface area contributed by atoms with E-state index in [-0.39, 0.29) is 5.69 Å². The van der Waals surface area contributed by atoms with Gasteiger partial charge in [0.2, 0.25) is 0 Å². The van der Waals surface area contributed by atoms with Gasteiger partial charge in [0, 0.05) is 4.90 Å². The molecule has 17 heavy (non-hydrogen) atoms. The number of H-pyrrole nitrogens is 2. The zero-order valence-electron chi connectivity index (χ0n) is 9.40. The second-order valence-electron chi connectivity index (χ2n) is 4.20. The van der Waals surface area contributed by atoms with Crippen molar-refractivity contribution in [3.05, 3.63) is 28.7 Å². The number of aromatic nitrogens is 2. The van der Waals surface area contributed by atoms with Gasteiger partial charge in [0.25, 0.3) is 0 Å². The van der Waals surface area contributed by atoms with Gasteiger partial charge in [-0.25, -0.2) is 4.79 Å². The molecule has 5 nitrogen and oxygen atoms in total. The molecule has 0 saturated heterocycles. The number of hydrogen-bond acceptors (Lipinski definition) is 3. The average molecular weight is 252 g/mol. The number of carboxylic acids is 1. The number of fused-ring (bicyclic) bond motifs is 1. The Morgan fingerprint density at radius 3 is 2.59 bits per heavy atom. The molecule has 0 aliphatic rings. The number of carboxylic acid groups (broad SMARTS) is 1. The lowest BCUT2D eigenvalue weighted by Gasteiger charge is -2.18. The maximum atomic E-state index is 11.1. The average Bonchev–Trinajstić information content (AvgIpc) is 2.56. The van der Waals surface area contributed by atoms with Crippen LogP contribution >= 0.6 is 11.8 Å². The molecule has 0 unspecified atom stereocenters. The predicted octanol–water partition coefficient (Wildman–Crippen LogP) is 1.81. The number of aromatic amines is 2. The van der Waals surface area contributed by atoms with E-state index in [2.05, 4.69) is 9.97 Å². The van der Waals surface area contributed by atoms with Crippen LogP contribution in [0.3, 0.4) is 0 Å². The zero-order valence-corrected chi connectivity index (χ0v) is 10.2. The fourth-order valence-corrected chi connectivity index (χ4v) is 2.40. The number of rotatable bonds is 3. The van der Waals surface area contributed by atoms with E-state index in [0.717, 1.165) is 4.90 Å². The summed E-state index contributed by atoms with van der Waals surface area (Å²) < 4.78 is -0.899. The van der Waals surface area contributed by atoms with E-state index >= 15 is 0 Å². The summed E-state index contributed by atoms with van der Waals surface area (Å²) in [5.41, 5.74) is 1.13. The maximum Gasteiger partial charge on any atom is 0.323 e. The van der Waals surface area contributed by atoms with Gasteiger partial charge >= 0.3 is 11.7 Å². The maximum absolute atomic E-state index is 11.1. The van der Waals surface area contributed by atoms with E-state index in [4.69, 9.17) is 5.11 Å². The van der Waals surface area contributed by atoms with Crippen LogP contribution in [0.4, 0.5) is 0 Å². The third kappa shape index (κ3) is 2.36. The summed E-state index contributed by atoms with van der Waals surface area (Å²) in [7, 11) is 0. The van der Waals surface area contributed by atoms with Crippen LogP contribution in [0, 0.1) is 0 Å². The smallest absolute Gasteiger partial charge is 0.323 e. The molecule has 2 aromatic rings. The minimum Gasteiger partial charge on any atom is -0.480 e. The topological polar surface area (TPSA) is 86.0 Å². The van der Waals surface area contributed by atoms with Crippen LogP contribution in [0.5, 0.6) is 0 Å². The third-order valence-corrected chi connectivity index (χ3v) is 3.55. The molecule has 2 rings (SSSR count). The number of benzene rings is 1. The summed E-state index contributed by atoms with van der Waals surface area (Å²) in [5.74, 6) is -0.870. The molecule has 6 heteroatoms. The fourth-order valence-electron chi connectivity index (χ4n) is 1.41. The molecule has 90 valence electrons. The highest BCUT2D eigenvalue weighted by molar-refractivity contribution is 8.01. The highest BCUT2D eigenvalue weighted by Gasteiger charge is 2.28. The first kappa shape index (κ1) is 11.8. The normalized spacial score (nSPS) is 11.9. The Hall–Kier alpha value is -1.69. The van der Waals surface area contributed by atoms with Crippen molar-refractivity contribution in [1.29, 1.82) is 0 Å². The molecule has 0 aliphatic carbocycles. The molecule has 1 heterocycles. The summed E-state index contributed by atoms with van der Waals surface area (Å²) in [6, 6.07) is 5.32. The Morgan fingerprint density at radius 2 is 1.94 bits per heavy atom. The monoisotopic (exact) mass is 252 g/mol. The van der Waals surface area contributed by atoms with Gasteiger partial charge in [-0.15, -0.1) is 11.8 Å². The molecule has 1 aromatic heterocycles. The van der Waals surface area contributed by atoms with Crippen LogP contribution in [0.2, 0.25) is 0 Å². The molecule has 0 saturated carbocycles. The second kappa shape index (κ2) is 3.96. The number of thioether (sulfide) groups is 1. The Labute approximate surface area is 101 Å². The van der Waals surface area contributed by atoms with E-state index in [0.29, 0.717) is 11.0 Å². The first-order valence-corrected chi connectivity index (χ1v) is 5.84. The lowest BCUT2D eigenvalue weighted by Crippen LogP contribution is -2.26. The summed E-state index contributed by atoms with van der Waals surface area (Å²) in [4.78, 5) is 28.2. The minimum absolute atomic E-state index is 0.264. The van der Waals surface area contributed by atoms with Gasteiger partial charge in [0.1, 0.15) is 4.75 Å². The van der Waals surface area contributed by atoms with Crippen LogP contribution in [0.25, 0.3) is 11.0 Å². The van der Waals surface area contributed by atoms with Crippen LogP contribution in [0.15, 0.2) is 27.9 Å². The second-order valence-corrected chi connectivity index (χ2v) is 5.90. The van der Waals surface area contributed by atoms with Crippen molar-refractivity contribution in [2.24, 2.45) is 0 Å². The van der Waals surface area contributed by atoms with Crippen molar-refractivity contribution in [2.75, 3.05) is 0 Å². The van der Waals surface area contributed by atoms with E-state index in [1.54, 1.807) is 32.0 Å². The summed E-state index contributed by atoms with van der Waals surface area (Å²) in [6.07, 6.45) is 0. The van der Waals surface area contributed by atoms with Crippen molar-refractivity contribution < 1.29 is 9.90 Å². The Bertz CT molecular complexity index is 627. The van der Waals surface area contributed by atoms with Gasteiger partial charge < -0.3 is 15.1 Å². The van der Waals surface area contributed by atoms with E-state index in [1.807, 2.05) is 0 Å². The number of imidazole rings is 1. The van der Waals surface area contributed by atoms with Crippen molar-refractivity contribution in [2.45, 2.75) is 23.5 Å². The SMILES string of the molecule is CC(C)(Sc1ccc2[nH]c(=O)[nH]c2c1)C(=O)O. The predicted molar refractivity (Wildman–Crippen MR) is 66.5 cm³/mol. The van der Waals surface area contributed by atoms with Gasteiger partial charge in [-0.05, 0) is 32.0 Å². The Kier molecular flexibility index (Phi) is 2.74. The molecular weight excluding hydrogens is 240 g/mol. The molecule has 0 fully saturated rings. The van der Waals surface area contributed by atoms with Gasteiger partial charge in [0.15, 0.2) is 0 Å². The van der Waals surface area contributed by atoms with Crippen molar-refractivity contribution in [1.82, 2.24) is 9.97 Å². The Balaban J connectivity index is 2.37. The quantitative estimate of drug-likeness (QED) is 0.727. The highest BCUT2D eigenvalue weighted by atomic mass is 32.2. The molecule has 0 bridgehead atoms. The first-order valence-electron chi connectivity index (χ1n) is 5.03. The van der Waals surface area contributed by atoms with Crippen LogP contribution in [0.1, 0.15) is 13.8 Å². The number of aliphatic carboxylic acids is 1. The van der Waals surface area contributed by atoms with Crippen LogP contribution < -0.4 is 5.69 Å². The van der Waals surface area contributed by atoms with Crippen LogP contribution in [-0.2, 0) is 4.79 Å². The zero-order chi connectivity index (χ0) is 12.6.